The van der Waals surface area contributed by atoms with Gasteiger partial charge in [-0.2, -0.15) is 0 Å². The number of hydrogen-bond acceptors (Lipinski definition) is 3. The zero-order chi connectivity index (χ0) is 13.2. The van der Waals surface area contributed by atoms with Gasteiger partial charge in [-0.1, -0.05) is 15.9 Å². The Morgan fingerprint density at radius 3 is 3.05 bits per heavy atom. The van der Waals surface area contributed by atoms with Gasteiger partial charge in [0.1, 0.15) is 5.75 Å². The van der Waals surface area contributed by atoms with Gasteiger partial charge in [0.25, 0.3) is 0 Å². The van der Waals surface area contributed by atoms with Crippen LogP contribution in [0.3, 0.4) is 0 Å². The molecule has 1 N–H and O–H groups in total. The second-order valence-electron chi connectivity index (χ2n) is 4.77. The topological polar surface area (TPSA) is 34.2 Å². The second-order valence-corrected chi connectivity index (χ2v) is 5.68. The molecule has 0 saturated heterocycles. The maximum atomic E-state index is 5.69. The maximum Gasteiger partial charge on any atom is 0.124 e. The molecule has 19 heavy (non-hydrogen) atoms. The van der Waals surface area contributed by atoms with Crippen LogP contribution in [0.25, 0.3) is 0 Å². The van der Waals surface area contributed by atoms with E-state index in [2.05, 4.69) is 38.4 Å². The number of anilines is 1. The van der Waals surface area contributed by atoms with Gasteiger partial charge in [-0.3, -0.25) is 4.98 Å². The van der Waals surface area contributed by atoms with Gasteiger partial charge in [0.05, 0.1) is 18.3 Å². The van der Waals surface area contributed by atoms with Gasteiger partial charge < -0.3 is 10.1 Å². The molecule has 3 nitrogen and oxygen atoms in total. The number of fused-ring (bicyclic) bond motifs is 1. The minimum atomic E-state index is 0.268. The monoisotopic (exact) mass is 318 g/mol. The summed E-state index contributed by atoms with van der Waals surface area (Å²) in [5.74, 6) is 0.965. The lowest BCUT2D eigenvalue weighted by Gasteiger charge is -2.27. The second kappa shape index (κ2) is 5.21. The summed E-state index contributed by atoms with van der Waals surface area (Å²) in [4.78, 5) is 4.22. The standard InChI is InChI=1S/C15H15BrN2O/c1-10-6-12(9-17-8-10)18-14-4-5-19-15-3-2-11(16)7-13(14)15/h2-3,6-9,14,18H,4-5H2,1H3. The molecule has 1 unspecified atom stereocenters. The lowest BCUT2D eigenvalue weighted by atomic mass is 10.0. The Balaban J connectivity index is 1.89. The minimum absolute atomic E-state index is 0.268. The van der Waals surface area contributed by atoms with Crippen molar-refractivity contribution in [2.75, 3.05) is 11.9 Å². The van der Waals surface area contributed by atoms with Crippen molar-refractivity contribution in [1.82, 2.24) is 4.98 Å². The lowest BCUT2D eigenvalue weighted by molar-refractivity contribution is 0.274. The van der Waals surface area contributed by atoms with Crippen molar-refractivity contribution in [3.05, 3.63) is 52.3 Å². The van der Waals surface area contributed by atoms with E-state index < -0.39 is 0 Å². The van der Waals surface area contributed by atoms with Crippen LogP contribution in [0.15, 0.2) is 41.1 Å². The predicted molar refractivity (Wildman–Crippen MR) is 79.6 cm³/mol. The van der Waals surface area contributed by atoms with Gasteiger partial charge in [-0.25, -0.2) is 0 Å². The third-order valence-corrected chi connectivity index (χ3v) is 3.72. The molecule has 4 heteroatoms. The molecule has 0 amide bonds. The van der Waals surface area contributed by atoms with Crippen LogP contribution in [0.2, 0.25) is 0 Å². The zero-order valence-electron chi connectivity index (χ0n) is 10.7. The van der Waals surface area contributed by atoms with Crippen LogP contribution >= 0.6 is 15.9 Å². The summed E-state index contributed by atoms with van der Waals surface area (Å²) >= 11 is 3.52. The number of pyridine rings is 1. The van der Waals surface area contributed by atoms with Crippen molar-refractivity contribution in [2.45, 2.75) is 19.4 Å². The lowest BCUT2D eigenvalue weighted by Crippen LogP contribution is -2.20. The van der Waals surface area contributed by atoms with E-state index in [0.717, 1.165) is 34.5 Å². The Labute approximate surface area is 121 Å². The first-order valence-electron chi connectivity index (χ1n) is 6.33. The smallest absolute Gasteiger partial charge is 0.124 e. The molecule has 0 radical (unpaired) electrons. The van der Waals surface area contributed by atoms with Gasteiger partial charge in [0, 0.05) is 28.9 Å². The van der Waals surface area contributed by atoms with Crippen molar-refractivity contribution < 1.29 is 4.74 Å². The highest BCUT2D eigenvalue weighted by Gasteiger charge is 2.21. The van der Waals surface area contributed by atoms with Crippen LogP contribution in [0.4, 0.5) is 5.69 Å². The number of aryl methyl sites for hydroxylation is 1. The molecule has 0 spiro atoms. The van der Waals surface area contributed by atoms with Crippen LogP contribution in [0, 0.1) is 6.92 Å². The largest absolute Gasteiger partial charge is 0.493 e. The Morgan fingerprint density at radius 2 is 2.21 bits per heavy atom. The highest BCUT2D eigenvalue weighted by atomic mass is 79.9. The van der Waals surface area contributed by atoms with Crippen LogP contribution in [0.1, 0.15) is 23.6 Å². The minimum Gasteiger partial charge on any atom is -0.493 e. The molecule has 98 valence electrons. The average molecular weight is 319 g/mol. The molecule has 0 bridgehead atoms. The van der Waals surface area contributed by atoms with Gasteiger partial charge in [-0.15, -0.1) is 0 Å². The van der Waals surface area contributed by atoms with Crippen LogP contribution in [0.5, 0.6) is 5.75 Å². The first-order valence-corrected chi connectivity index (χ1v) is 7.12. The van der Waals surface area contributed by atoms with Crippen molar-refractivity contribution in [3.8, 4) is 5.75 Å². The number of hydrogen-bond donors (Lipinski definition) is 1. The zero-order valence-corrected chi connectivity index (χ0v) is 12.3. The summed E-state index contributed by atoms with van der Waals surface area (Å²) in [6.07, 6.45) is 4.68. The van der Waals surface area contributed by atoms with Crippen LogP contribution < -0.4 is 10.1 Å². The molecule has 0 fully saturated rings. The van der Waals surface area contributed by atoms with E-state index in [0.29, 0.717) is 0 Å². The first kappa shape index (κ1) is 12.5. The Bertz CT molecular complexity index is 600. The summed E-state index contributed by atoms with van der Waals surface area (Å²) in [5.41, 5.74) is 3.41. The Morgan fingerprint density at radius 1 is 1.32 bits per heavy atom. The molecule has 0 aliphatic carbocycles. The van der Waals surface area contributed by atoms with E-state index in [-0.39, 0.29) is 6.04 Å². The molecule has 3 rings (SSSR count). The molecule has 2 heterocycles. The summed E-state index contributed by atoms with van der Waals surface area (Å²) in [6, 6.07) is 8.53. The van der Waals surface area contributed by atoms with Gasteiger partial charge in [-0.05, 0) is 36.8 Å². The fourth-order valence-electron chi connectivity index (χ4n) is 2.35. The number of aromatic nitrogens is 1. The summed E-state index contributed by atoms with van der Waals surface area (Å²) in [5, 5.41) is 3.54. The van der Waals surface area contributed by atoms with E-state index in [1.165, 1.54) is 5.56 Å². The quantitative estimate of drug-likeness (QED) is 0.905. The van der Waals surface area contributed by atoms with Crippen molar-refractivity contribution >= 4 is 21.6 Å². The first-order chi connectivity index (χ1) is 9.22. The molecule has 2 aromatic rings. The van der Waals surface area contributed by atoms with E-state index >= 15 is 0 Å². The number of benzene rings is 1. The summed E-state index contributed by atoms with van der Waals surface area (Å²) < 4.78 is 6.77. The molecule has 1 atom stereocenters. The maximum absolute atomic E-state index is 5.69. The molecule has 1 aromatic heterocycles. The highest BCUT2D eigenvalue weighted by Crippen LogP contribution is 2.36. The Hall–Kier alpha value is -1.55. The molecule has 1 aromatic carbocycles. The number of rotatable bonds is 2. The molecule has 1 aliphatic heterocycles. The Kier molecular flexibility index (Phi) is 3.42. The fraction of sp³-hybridized carbons (Fsp3) is 0.267. The number of nitrogens with one attached hydrogen (secondary N) is 1. The molecule has 1 aliphatic rings. The normalized spacial score (nSPS) is 17.5. The summed E-state index contributed by atoms with van der Waals surface area (Å²) in [7, 11) is 0. The van der Waals surface area contributed by atoms with Gasteiger partial charge in [0.15, 0.2) is 0 Å². The summed E-state index contributed by atoms with van der Waals surface area (Å²) in [6.45, 7) is 2.79. The van der Waals surface area contributed by atoms with Crippen molar-refractivity contribution in [2.24, 2.45) is 0 Å². The van der Waals surface area contributed by atoms with Crippen molar-refractivity contribution in [3.63, 3.8) is 0 Å². The van der Waals surface area contributed by atoms with Gasteiger partial charge in [0.2, 0.25) is 0 Å². The number of nitrogens with zero attached hydrogens (tertiary/aromatic N) is 1. The SMILES string of the molecule is Cc1cncc(NC2CCOc3ccc(Br)cc32)c1. The number of halogens is 1. The molecular weight excluding hydrogens is 304 g/mol. The highest BCUT2D eigenvalue weighted by molar-refractivity contribution is 9.10. The number of ether oxygens (including phenoxy) is 1. The molecule has 0 saturated carbocycles. The van der Waals surface area contributed by atoms with E-state index in [9.17, 15) is 0 Å². The van der Waals surface area contributed by atoms with Crippen molar-refractivity contribution in [1.29, 1.82) is 0 Å². The van der Waals surface area contributed by atoms with E-state index in [4.69, 9.17) is 4.74 Å². The third-order valence-electron chi connectivity index (χ3n) is 3.23. The van der Waals surface area contributed by atoms with E-state index in [1.54, 1.807) is 0 Å². The third kappa shape index (κ3) is 2.73. The van der Waals surface area contributed by atoms with E-state index in [1.807, 2.05) is 31.5 Å². The average Bonchev–Trinajstić information content (AvgIpc) is 2.39. The van der Waals surface area contributed by atoms with Crippen LogP contribution in [-0.4, -0.2) is 11.6 Å². The predicted octanol–water partition coefficient (Wildman–Crippen LogP) is 4.09. The van der Waals surface area contributed by atoms with Crippen LogP contribution in [-0.2, 0) is 0 Å². The fourth-order valence-corrected chi connectivity index (χ4v) is 2.73. The van der Waals surface area contributed by atoms with Gasteiger partial charge >= 0.3 is 0 Å². The molecular formula is C15H15BrN2O.